The first-order valence-electron chi connectivity index (χ1n) is 7.94. The summed E-state index contributed by atoms with van der Waals surface area (Å²) in [5.41, 5.74) is 2.06. The monoisotopic (exact) mass is 315 g/mol. The van der Waals surface area contributed by atoms with E-state index in [4.69, 9.17) is 0 Å². The van der Waals surface area contributed by atoms with E-state index in [2.05, 4.69) is 16.7 Å². The van der Waals surface area contributed by atoms with E-state index in [1.165, 1.54) is 24.3 Å². The fourth-order valence-corrected chi connectivity index (χ4v) is 3.15. The highest BCUT2D eigenvalue weighted by molar-refractivity contribution is 5.32. The van der Waals surface area contributed by atoms with E-state index in [1.807, 2.05) is 24.3 Å². The first-order chi connectivity index (χ1) is 11.2. The quantitative estimate of drug-likeness (QED) is 0.852. The topological polar surface area (TPSA) is 6.48 Å². The molecule has 23 heavy (non-hydrogen) atoms. The summed E-state index contributed by atoms with van der Waals surface area (Å²) in [6.45, 7) is 8.49. The van der Waals surface area contributed by atoms with Gasteiger partial charge in [-0.05, 0) is 48.9 Å². The van der Waals surface area contributed by atoms with Crippen LogP contribution in [0.3, 0.4) is 0 Å². The van der Waals surface area contributed by atoms with Crippen molar-refractivity contribution < 1.29 is 8.78 Å². The molecule has 0 atom stereocenters. The Hall–Kier alpha value is -1.78. The maximum Gasteiger partial charge on any atom is 0.123 e. The zero-order valence-corrected chi connectivity index (χ0v) is 13.1. The molecule has 2 aromatic carbocycles. The second-order valence-corrected chi connectivity index (χ2v) is 5.88. The van der Waals surface area contributed by atoms with Gasteiger partial charge in [0, 0.05) is 26.2 Å². The van der Waals surface area contributed by atoms with Gasteiger partial charge in [-0.25, -0.2) is 8.78 Å². The number of hydrogen-bond donors (Lipinski definition) is 0. The summed E-state index contributed by atoms with van der Waals surface area (Å²) in [5, 5.41) is 0. The Balaban J connectivity index is 1.90. The Kier molecular flexibility index (Phi) is 5.03. The highest BCUT2D eigenvalue weighted by atomic mass is 19.1. The molecule has 4 heteroatoms. The number of rotatable bonds is 4. The largest absolute Gasteiger partial charge is 0.301 e. The standard InChI is InChI=1S/C19H21F2N2/c1-2-22-11-13-23(14-12-22)19(15-3-7-17(20)8-4-15)16-5-9-18(21)10-6-16/h3-10,19H,1-2,11-14H2. The fourth-order valence-electron chi connectivity index (χ4n) is 3.15. The first-order valence-corrected chi connectivity index (χ1v) is 7.94. The summed E-state index contributed by atoms with van der Waals surface area (Å²) in [6, 6.07) is 13.2. The van der Waals surface area contributed by atoms with Gasteiger partial charge in [0.25, 0.3) is 0 Å². The van der Waals surface area contributed by atoms with Crippen molar-refractivity contribution in [1.82, 2.24) is 9.80 Å². The third-order valence-corrected chi connectivity index (χ3v) is 4.46. The van der Waals surface area contributed by atoms with E-state index in [9.17, 15) is 8.78 Å². The van der Waals surface area contributed by atoms with Crippen LogP contribution in [0.4, 0.5) is 8.78 Å². The van der Waals surface area contributed by atoms with Gasteiger partial charge in [-0.2, -0.15) is 0 Å². The lowest BCUT2D eigenvalue weighted by Crippen LogP contribution is -2.47. The summed E-state index contributed by atoms with van der Waals surface area (Å²) < 4.78 is 26.5. The molecule has 0 unspecified atom stereocenters. The molecule has 1 radical (unpaired) electrons. The summed E-state index contributed by atoms with van der Waals surface area (Å²) >= 11 is 0. The molecule has 0 amide bonds. The summed E-state index contributed by atoms with van der Waals surface area (Å²) in [5.74, 6) is -0.484. The molecule has 2 nitrogen and oxygen atoms in total. The normalized spacial score (nSPS) is 16.9. The molecule has 1 saturated heterocycles. The molecule has 1 heterocycles. The minimum atomic E-state index is -0.242. The number of benzene rings is 2. The average Bonchev–Trinajstić information content (AvgIpc) is 2.59. The maximum atomic E-state index is 13.3. The zero-order chi connectivity index (χ0) is 16.2. The Labute approximate surface area is 136 Å². The Morgan fingerprint density at radius 3 is 1.61 bits per heavy atom. The Bertz CT molecular complexity index is 571. The summed E-state index contributed by atoms with van der Waals surface area (Å²) in [4.78, 5) is 4.68. The van der Waals surface area contributed by atoms with Gasteiger partial charge in [0.15, 0.2) is 0 Å². The van der Waals surface area contributed by atoms with Crippen LogP contribution in [-0.4, -0.2) is 42.5 Å². The van der Waals surface area contributed by atoms with Gasteiger partial charge in [-0.15, -0.1) is 0 Å². The molecule has 1 fully saturated rings. The first kappa shape index (κ1) is 16.1. The Morgan fingerprint density at radius 1 is 0.783 bits per heavy atom. The summed E-state index contributed by atoms with van der Waals surface area (Å²) in [7, 11) is 0. The van der Waals surface area contributed by atoms with Crippen LogP contribution in [0.1, 0.15) is 17.2 Å². The van der Waals surface area contributed by atoms with E-state index in [-0.39, 0.29) is 17.7 Å². The van der Waals surface area contributed by atoms with E-state index in [0.29, 0.717) is 0 Å². The van der Waals surface area contributed by atoms with Gasteiger partial charge < -0.3 is 4.90 Å². The lowest BCUT2D eigenvalue weighted by Gasteiger charge is -2.39. The van der Waals surface area contributed by atoms with Gasteiger partial charge in [-0.1, -0.05) is 24.3 Å². The third kappa shape index (κ3) is 3.77. The van der Waals surface area contributed by atoms with Crippen molar-refractivity contribution in [2.24, 2.45) is 0 Å². The van der Waals surface area contributed by atoms with Gasteiger partial charge in [0.2, 0.25) is 0 Å². The van der Waals surface area contributed by atoms with E-state index in [1.54, 1.807) is 0 Å². The number of halogens is 2. The van der Waals surface area contributed by atoms with E-state index >= 15 is 0 Å². The number of nitrogens with zero attached hydrogens (tertiary/aromatic N) is 2. The lowest BCUT2D eigenvalue weighted by atomic mass is 9.96. The molecular formula is C19H21F2N2. The molecule has 0 bridgehead atoms. The molecule has 0 saturated carbocycles. The molecule has 1 aliphatic heterocycles. The smallest absolute Gasteiger partial charge is 0.123 e. The van der Waals surface area contributed by atoms with Crippen molar-refractivity contribution in [2.45, 2.75) is 6.04 Å². The second-order valence-electron chi connectivity index (χ2n) is 5.88. The van der Waals surface area contributed by atoms with Crippen molar-refractivity contribution in [2.75, 3.05) is 32.7 Å². The molecule has 3 rings (SSSR count). The van der Waals surface area contributed by atoms with Gasteiger partial charge in [0.05, 0.1) is 6.04 Å². The fraction of sp³-hybridized carbons (Fsp3) is 0.316. The lowest BCUT2D eigenvalue weighted by molar-refractivity contribution is 0.117. The van der Waals surface area contributed by atoms with Crippen LogP contribution in [0.5, 0.6) is 0 Å². The van der Waals surface area contributed by atoms with Crippen LogP contribution in [0, 0.1) is 18.6 Å². The SMILES string of the molecule is [CH2]CN1CCN(C(c2ccc(F)cc2)c2ccc(F)cc2)CC1. The molecule has 0 aliphatic carbocycles. The molecule has 2 aromatic rings. The highest BCUT2D eigenvalue weighted by Crippen LogP contribution is 2.30. The molecule has 0 spiro atoms. The molecule has 1 aliphatic rings. The van der Waals surface area contributed by atoms with Crippen LogP contribution in [-0.2, 0) is 0 Å². The van der Waals surface area contributed by atoms with Gasteiger partial charge >= 0.3 is 0 Å². The van der Waals surface area contributed by atoms with E-state index < -0.39 is 0 Å². The van der Waals surface area contributed by atoms with Gasteiger partial charge in [0.1, 0.15) is 11.6 Å². The van der Waals surface area contributed by atoms with Gasteiger partial charge in [-0.3, -0.25) is 4.90 Å². The van der Waals surface area contributed by atoms with Crippen molar-refractivity contribution in [3.05, 3.63) is 78.2 Å². The minimum Gasteiger partial charge on any atom is -0.301 e. The van der Waals surface area contributed by atoms with Crippen molar-refractivity contribution in [3.63, 3.8) is 0 Å². The maximum absolute atomic E-state index is 13.3. The molecule has 0 aromatic heterocycles. The molecular weight excluding hydrogens is 294 g/mol. The predicted molar refractivity (Wildman–Crippen MR) is 88.0 cm³/mol. The molecule has 0 N–H and O–H groups in total. The number of piperazine rings is 1. The van der Waals surface area contributed by atoms with Crippen LogP contribution in [0.2, 0.25) is 0 Å². The van der Waals surface area contributed by atoms with Crippen LogP contribution in [0.25, 0.3) is 0 Å². The Morgan fingerprint density at radius 2 is 1.22 bits per heavy atom. The van der Waals surface area contributed by atoms with Crippen LogP contribution < -0.4 is 0 Å². The van der Waals surface area contributed by atoms with Crippen LogP contribution in [0.15, 0.2) is 48.5 Å². The van der Waals surface area contributed by atoms with Crippen LogP contribution >= 0.6 is 0 Å². The van der Waals surface area contributed by atoms with Crippen molar-refractivity contribution >= 4 is 0 Å². The third-order valence-electron chi connectivity index (χ3n) is 4.46. The zero-order valence-electron chi connectivity index (χ0n) is 13.1. The highest BCUT2D eigenvalue weighted by Gasteiger charge is 2.26. The van der Waals surface area contributed by atoms with Crippen molar-refractivity contribution in [3.8, 4) is 0 Å². The summed E-state index contributed by atoms with van der Waals surface area (Å²) in [6.07, 6.45) is 0. The predicted octanol–water partition coefficient (Wildman–Crippen LogP) is 3.51. The second kappa shape index (κ2) is 7.20. The minimum absolute atomic E-state index is 0.0168. The molecule has 121 valence electrons. The average molecular weight is 315 g/mol. The number of hydrogen-bond acceptors (Lipinski definition) is 2. The van der Waals surface area contributed by atoms with E-state index in [0.717, 1.165) is 43.9 Å². The van der Waals surface area contributed by atoms with Crippen molar-refractivity contribution in [1.29, 1.82) is 0 Å².